The molecule has 0 bridgehead atoms. The lowest BCUT2D eigenvalue weighted by atomic mass is 10.0. The second kappa shape index (κ2) is 14.4. The van der Waals surface area contributed by atoms with Gasteiger partial charge in [-0.1, -0.05) is 29.8 Å². The van der Waals surface area contributed by atoms with Crippen LogP contribution in [0.2, 0.25) is 5.02 Å². The van der Waals surface area contributed by atoms with Crippen LogP contribution in [-0.4, -0.2) is 115 Å². The van der Waals surface area contributed by atoms with E-state index in [0.717, 1.165) is 23.7 Å². The maximum Gasteiger partial charge on any atom is 0.418 e. The molecule has 2 aromatic carbocycles. The van der Waals surface area contributed by atoms with Gasteiger partial charge in [0.1, 0.15) is 0 Å². The number of urea groups is 1. The number of nitrogens with two attached hydrogens (primary N) is 1. The Labute approximate surface area is 282 Å². The number of nitrogen functional groups attached to an aromatic ring is 1. The van der Waals surface area contributed by atoms with Crippen LogP contribution in [0, 0.1) is 0 Å². The molecule has 6 rings (SSSR count). The molecule has 4 heterocycles. The number of carbonyl (C=O) groups is 3. The number of hydrogen-bond donors (Lipinski definition) is 2. The standard InChI is InChI=1S/C33H40ClF3N6O5/c34-26-18-21(17-25(29(26)38)33(35,36)37)19-28(30(44)41-14-12-40(13-15-41)24-8-16-47-20-24)48-32(46)42-9-6-23(7-10-42)43-11-5-22-3-1-2-4-27(22)39-31(43)45/h1-4,17-18,23-24,28H,5-16,19-20,38H2,(H,39,45)/t24?,28-/m1/s1. The number of hydrogen-bond acceptors (Lipinski definition) is 7. The average molecular weight is 693 g/mol. The molecule has 4 aliphatic rings. The van der Waals surface area contributed by atoms with E-state index in [-0.39, 0.29) is 48.2 Å². The summed E-state index contributed by atoms with van der Waals surface area (Å²) in [6, 6.07) is 9.80. The van der Waals surface area contributed by atoms with Gasteiger partial charge in [0.15, 0.2) is 6.10 Å². The molecule has 1 unspecified atom stereocenters. The van der Waals surface area contributed by atoms with Gasteiger partial charge in [-0.15, -0.1) is 0 Å². The topological polar surface area (TPSA) is 121 Å². The summed E-state index contributed by atoms with van der Waals surface area (Å²) in [7, 11) is 0. The SMILES string of the molecule is Nc1c(Cl)cc(C[C@@H](OC(=O)N2CCC(N3CCc4ccccc4NC3=O)CC2)C(=O)N2CCN(C3CCOC3)CC2)cc1C(F)(F)F. The van der Waals surface area contributed by atoms with E-state index < -0.39 is 35.5 Å². The van der Waals surface area contributed by atoms with E-state index in [4.69, 9.17) is 26.8 Å². The minimum absolute atomic E-state index is 0.0706. The van der Waals surface area contributed by atoms with Gasteiger partial charge in [0.2, 0.25) is 0 Å². The number of anilines is 2. The number of halogens is 4. The molecule has 0 saturated carbocycles. The first-order valence-corrected chi connectivity index (χ1v) is 16.7. The van der Waals surface area contributed by atoms with Gasteiger partial charge in [-0.05, 0) is 55.0 Å². The number of piperidine rings is 1. The number of benzene rings is 2. The Hall–Kier alpha value is -3.75. The summed E-state index contributed by atoms with van der Waals surface area (Å²) < 4.78 is 52.6. The molecule has 3 fully saturated rings. The molecule has 15 heteroatoms. The highest BCUT2D eigenvalue weighted by Crippen LogP contribution is 2.38. The highest BCUT2D eigenvalue weighted by atomic mass is 35.5. The number of piperazine rings is 1. The number of nitrogens with one attached hydrogen (secondary N) is 1. The summed E-state index contributed by atoms with van der Waals surface area (Å²) in [5, 5.41) is 2.68. The van der Waals surface area contributed by atoms with Crippen molar-refractivity contribution in [3.63, 3.8) is 0 Å². The van der Waals surface area contributed by atoms with E-state index in [2.05, 4.69) is 10.2 Å². The molecule has 2 aromatic rings. The average Bonchev–Trinajstić information content (AvgIpc) is 3.56. The molecular weight excluding hydrogens is 653 g/mol. The summed E-state index contributed by atoms with van der Waals surface area (Å²) >= 11 is 6.08. The van der Waals surface area contributed by atoms with Gasteiger partial charge in [-0.3, -0.25) is 9.69 Å². The fourth-order valence-corrected chi connectivity index (χ4v) is 7.28. The lowest BCUT2D eigenvalue weighted by Crippen LogP contribution is -2.55. The van der Waals surface area contributed by atoms with Gasteiger partial charge in [0, 0.05) is 76.6 Å². The van der Waals surface area contributed by atoms with Crippen LogP contribution < -0.4 is 11.1 Å². The molecule has 0 radical (unpaired) electrons. The molecule has 4 amide bonds. The zero-order valence-corrected chi connectivity index (χ0v) is 27.3. The Bertz CT molecular complexity index is 1510. The molecule has 0 aliphatic carbocycles. The number of ether oxygens (including phenoxy) is 2. The number of nitrogens with zero attached hydrogens (tertiary/aromatic N) is 4. The summed E-state index contributed by atoms with van der Waals surface area (Å²) in [5.41, 5.74) is 5.83. The summed E-state index contributed by atoms with van der Waals surface area (Å²) in [4.78, 5) is 47.5. The molecule has 3 saturated heterocycles. The van der Waals surface area contributed by atoms with Crippen LogP contribution in [0.3, 0.4) is 0 Å². The van der Waals surface area contributed by atoms with Crippen LogP contribution in [0.1, 0.15) is 36.0 Å². The third kappa shape index (κ3) is 7.60. The Balaban J connectivity index is 1.12. The minimum atomic E-state index is -4.77. The summed E-state index contributed by atoms with van der Waals surface area (Å²) in [5.74, 6) is -0.483. The first-order chi connectivity index (χ1) is 23.0. The molecule has 0 aromatic heterocycles. The molecule has 4 aliphatic heterocycles. The van der Waals surface area contributed by atoms with Gasteiger partial charge in [0.25, 0.3) is 5.91 Å². The molecule has 2 atom stereocenters. The monoisotopic (exact) mass is 692 g/mol. The van der Waals surface area contributed by atoms with Crippen LogP contribution in [0.25, 0.3) is 0 Å². The smallest absolute Gasteiger partial charge is 0.418 e. The number of rotatable bonds is 6. The first kappa shape index (κ1) is 34.1. The maximum absolute atomic E-state index is 13.9. The van der Waals surface area contributed by atoms with E-state index in [1.165, 1.54) is 11.0 Å². The van der Waals surface area contributed by atoms with E-state index >= 15 is 0 Å². The van der Waals surface area contributed by atoms with Crippen LogP contribution in [-0.2, 0) is 33.3 Å². The van der Waals surface area contributed by atoms with Crippen molar-refractivity contribution in [2.24, 2.45) is 0 Å². The summed E-state index contributed by atoms with van der Waals surface area (Å²) in [6.07, 6.45) is -4.56. The molecule has 3 N–H and O–H groups in total. The van der Waals surface area contributed by atoms with Crippen LogP contribution >= 0.6 is 11.6 Å². The van der Waals surface area contributed by atoms with Crippen molar-refractivity contribution in [3.8, 4) is 0 Å². The number of carbonyl (C=O) groups excluding carboxylic acids is 3. The lowest BCUT2D eigenvalue weighted by Gasteiger charge is -2.39. The van der Waals surface area contributed by atoms with E-state index in [1.54, 1.807) is 9.80 Å². The first-order valence-electron chi connectivity index (χ1n) is 16.3. The van der Waals surface area contributed by atoms with Crippen molar-refractivity contribution in [2.75, 3.05) is 70.1 Å². The van der Waals surface area contributed by atoms with Crippen molar-refractivity contribution in [2.45, 2.75) is 56.5 Å². The number of para-hydroxylation sites is 1. The van der Waals surface area contributed by atoms with Gasteiger partial charge < -0.3 is 35.2 Å². The van der Waals surface area contributed by atoms with Crippen LogP contribution in [0.15, 0.2) is 36.4 Å². The fraction of sp³-hybridized carbons (Fsp3) is 0.545. The minimum Gasteiger partial charge on any atom is -0.436 e. The Kier molecular flexibility index (Phi) is 10.2. The third-order valence-corrected chi connectivity index (χ3v) is 10.1. The highest BCUT2D eigenvalue weighted by molar-refractivity contribution is 6.33. The van der Waals surface area contributed by atoms with Crippen molar-refractivity contribution in [1.29, 1.82) is 0 Å². The third-order valence-electron chi connectivity index (χ3n) is 9.79. The van der Waals surface area contributed by atoms with Gasteiger partial charge in [0.05, 0.1) is 22.9 Å². The van der Waals surface area contributed by atoms with Gasteiger partial charge in [-0.2, -0.15) is 13.2 Å². The van der Waals surface area contributed by atoms with Crippen LogP contribution in [0.4, 0.5) is 34.1 Å². The molecule has 260 valence electrons. The quantitative estimate of drug-likeness (QED) is 0.429. The molecule has 48 heavy (non-hydrogen) atoms. The second-order valence-corrected chi connectivity index (χ2v) is 13.1. The van der Waals surface area contributed by atoms with Crippen LogP contribution in [0.5, 0.6) is 0 Å². The van der Waals surface area contributed by atoms with Gasteiger partial charge >= 0.3 is 18.3 Å². The largest absolute Gasteiger partial charge is 0.436 e. The fourth-order valence-electron chi connectivity index (χ4n) is 7.04. The highest BCUT2D eigenvalue weighted by Gasteiger charge is 2.38. The zero-order valence-electron chi connectivity index (χ0n) is 26.5. The van der Waals surface area contributed by atoms with Crippen molar-refractivity contribution in [3.05, 3.63) is 58.1 Å². The van der Waals surface area contributed by atoms with Crippen molar-refractivity contribution >= 4 is 41.0 Å². The Morgan fingerprint density at radius 1 is 1.00 bits per heavy atom. The van der Waals surface area contributed by atoms with Crippen molar-refractivity contribution in [1.82, 2.24) is 19.6 Å². The predicted octanol–water partition coefficient (Wildman–Crippen LogP) is 4.48. The Morgan fingerprint density at radius 2 is 1.73 bits per heavy atom. The number of fused-ring (bicyclic) bond motifs is 1. The zero-order chi connectivity index (χ0) is 34.0. The second-order valence-electron chi connectivity index (χ2n) is 12.7. The number of amides is 4. The lowest BCUT2D eigenvalue weighted by molar-refractivity contribution is -0.143. The summed E-state index contributed by atoms with van der Waals surface area (Å²) in [6.45, 7) is 4.43. The molecule has 0 spiro atoms. The molecule has 11 nitrogen and oxygen atoms in total. The van der Waals surface area contributed by atoms with E-state index in [0.29, 0.717) is 65.2 Å². The molecular formula is C33H40ClF3N6O5. The maximum atomic E-state index is 13.9. The Morgan fingerprint density at radius 3 is 2.42 bits per heavy atom. The number of alkyl halides is 3. The van der Waals surface area contributed by atoms with E-state index in [9.17, 15) is 27.6 Å². The normalized spacial score (nSPS) is 21.8. The number of likely N-dealkylation sites (tertiary alicyclic amines) is 1. The van der Waals surface area contributed by atoms with Crippen molar-refractivity contribution < 1.29 is 37.0 Å². The van der Waals surface area contributed by atoms with E-state index in [1.807, 2.05) is 24.3 Å². The van der Waals surface area contributed by atoms with Gasteiger partial charge in [-0.25, -0.2) is 9.59 Å². The predicted molar refractivity (Wildman–Crippen MR) is 173 cm³/mol.